The third-order valence-electron chi connectivity index (χ3n) is 3.93. The summed E-state index contributed by atoms with van der Waals surface area (Å²) in [6.07, 6.45) is 0. The van der Waals surface area contributed by atoms with Crippen LogP contribution in [0.4, 0.5) is 16.2 Å². The van der Waals surface area contributed by atoms with Crippen LogP contribution in [-0.2, 0) is 10.5 Å². The van der Waals surface area contributed by atoms with Crippen molar-refractivity contribution in [3.8, 4) is 11.5 Å². The van der Waals surface area contributed by atoms with E-state index in [4.69, 9.17) is 9.47 Å². The van der Waals surface area contributed by atoms with Gasteiger partial charge in [-0.05, 0) is 23.8 Å². The molecular formula is C19H17N3O4S2. The van der Waals surface area contributed by atoms with Gasteiger partial charge in [-0.2, -0.15) is 0 Å². The van der Waals surface area contributed by atoms with Gasteiger partial charge in [-0.1, -0.05) is 41.7 Å². The Morgan fingerprint density at radius 2 is 1.93 bits per heavy atom. The van der Waals surface area contributed by atoms with Gasteiger partial charge in [0, 0.05) is 17.5 Å². The lowest BCUT2D eigenvalue weighted by molar-refractivity contribution is -0.117. The molecule has 0 atom stereocenters. The van der Waals surface area contributed by atoms with Crippen LogP contribution in [0.25, 0.3) is 0 Å². The number of nitrogens with zero attached hydrogens (tertiary/aromatic N) is 1. The number of carbonyl (C=O) groups is 2. The molecule has 0 radical (unpaired) electrons. The lowest BCUT2D eigenvalue weighted by atomic mass is 10.2. The van der Waals surface area contributed by atoms with E-state index in [9.17, 15) is 9.59 Å². The number of hydrogen-bond donors (Lipinski definition) is 2. The molecule has 2 aromatic carbocycles. The monoisotopic (exact) mass is 415 g/mol. The Bertz CT molecular complexity index is 949. The van der Waals surface area contributed by atoms with E-state index in [2.05, 4.69) is 15.6 Å². The standard InChI is InChI=1S/C19H17N3O4S2/c23-17(11-28-19-21-14-4-2-1-3-12(14)10-27-19)22-18(24)20-13-5-6-15-16(9-13)26-8-7-25-15/h1-6,9H,7-8,10-11H2,(H2,20,22,23,24). The summed E-state index contributed by atoms with van der Waals surface area (Å²) in [4.78, 5) is 28.7. The minimum absolute atomic E-state index is 0.114. The van der Waals surface area contributed by atoms with Gasteiger partial charge >= 0.3 is 6.03 Å². The number of amides is 3. The maximum atomic E-state index is 12.1. The maximum Gasteiger partial charge on any atom is 0.325 e. The molecule has 0 saturated carbocycles. The molecule has 0 aliphatic carbocycles. The summed E-state index contributed by atoms with van der Waals surface area (Å²) in [7, 11) is 0. The first-order chi connectivity index (χ1) is 13.7. The number of urea groups is 1. The first-order valence-electron chi connectivity index (χ1n) is 8.60. The average molecular weight is 415 g/mol. The number of ether oxygens (including phenoxy) is 2. The molecule has 2 heterocycles. The zero-order valence-electron chi connectivity index (χ0n) is 14.8. The van der Waals surface area contributed by atoms with Crippen molar-refractivity contribution in [3.63, 3.8) is 0 Å². The van der Waals surface area contributed by atoms with Gasteiger partial charge in [-0.15, -0.1) is 0 Å². The highest BCUT2D eigenvalue weighted by Gasteiger charge is 2.16. The van der Waals surface area contributed by atoms with Crippen molar-refractivity contribution in [2.45, 2.75) is 5.75 Å². The van der Waals surface area contributed by atoms with Crippen LogP contribution in [0.3, 0.4) is 0 Å². The SMILES string of the molecule is O=C(CSC1=Nc2ccccc2CS1)NC(=O)Nc1ccc2c(c1)OCCO2. The average Bonchev–Trinajstić information content (AvgIpc) is 2.72. The fourth-order valence-corrected chi connectivity index (χ4v) is 4.52. The van der Waals surface area contributed by atoms with Gasteiger partial charge in [0.1, 0.15) is 17.6 Å². The van der Waals surface area contributed by atoms with Gasteiger partial charge in [0.15, 0.2) is 11.5 Å². The van der Waals surface area contributed by atoms with Crippen LogP contribution in [0.2, 0.25) is 0 Å². The van der Waals surface area contributed by atoms with Gasteiger partial charge < -0.3 is 14.8 Å². The first kappa shape index (κ1) is 18.7. The molecule has 2 aromatic rings. The smallest absolute Gasteiger partial charge is 0.325 e. The fraction of sp³-hybridized carbons (Fsp3) is 0.211. The van der Waals surface area contributed by atoms with Gasteiger partial charge in [0.2, 0.25) is 5.91 Å². The number of aliphatic imine (C=N–C) groups is 1. The zero-order valence-corrected chi connectivity index (χ0v) is 16.4. The number of hydrogen-bond acceptors (Lipinski definition) is 7. The van der Waals surface area contributed by atoms with E-state index in [0.29, 0.717) is 30.4 Å². The minimum Gasteiger partial charge on any atom is -0.486 e. The molecule has 2 N–H and O–H groups in total. The largest absolute Gasteiger partial charge is 0.486 e. The second-order valence-electron chi connectivity index (χ2n) is 5.94. The van der Waals surface area contributed by atoms with Crippen LogP contribution in [0.1, 0.15) is 5.56 Å². The Labute approximate surface area is 170 Å². The number of imide groups is 1. The normalized spacial score (nSPS) is 14.5. The predicted octanol–water partition coefficient (Wildman–Crippen LogP) is 3.77. The van der Waals surface area contributed by atoms with E-state index < -0.39 is 6.03 Å². The molecule has 9 heteroatoms. The quantitative estimate of drug-likeness (QED) is 0.793. The minimum atomic E-state index is -0.592. The third kappa shape index (κ3) is 4.60. The topological polar surface area (TPSA) is 89.0 Å². The fourth-order valence-electron chi connectivity index (χ4n) is 2.66. The second-order valence-corrected chi connectivity index (χ2v) is 8.13. The van der Waals surface area contributed by atoms with E-state index >= 15 is 0 Å². The molecule has 144 valence electrons. The van der Waals surface area contributed by atoms with Gasteiger partial charge in [0.05, 0.1) is 11.4 Å². The number of para-hydroxylation sites is 1. The molecule has 2 aliphatic rings. The Morgan fingerprint density at radius 3 is 2.82 bits per heavy atom. The van der Waals surface area contributed by atoms with Crippen LogP contribution in [0.5, 0.6) is 11.5 Å². The first-order valence-corrected chi connectivity index (χ1v) is 10.6. The highest BCUT2D eigenvalue weighted by atomic mass is 32.2. The predicted molar refractivity (Wildman–Crippen MR) is 112 cm³/mol. The number of thioether (sulfide) groups is 2. The lowest BCUT2D eigenvalue weighted by Gasteiger charge is -2.19. The Hall–Kier alpha value is -2.65. The van der Waals surface area contributed by atoms with Crippen LogP contribution in [0, 0.1) is 0 Å². The number of rotatable bonds is 3. The van der Waals surface area contributed by atoms with E-state index in [-0.39, 0.29) is 11.7 Å². The van der Waals surface area contributed by atoms with Gasteiger partial charge in [-0.3, -0.25) is 10.1 Å². The Kier molecular flexibility index (Phi) is 5.73. The summed E-state index contributed by atoms with van der Waals surface area (Å²) in [5.74, 6) is 1.76. The molecule has 0 aromatic heterocycles. The number of fused-ring (bicyclic) bond motifs is 2. The molecule has 2 aliphatic heterocycles. The zero-order chi connectivity index (χ0) is 19.3. The van der Waals surface area contributed by atoms with Crippen LogP contribution < -0.4 is 20.1 Å². The summed E-state index contributed by atoms with van der Waals surface area (Å²) in [6.45, 7) is 0.965. The van der Waals surface area contributed by atoms with E-state index in [1.807, 2.05) is 24.3 Å². The van der Waals surface area contributed by atoms with Crippen LogP contribution >= 0.6 is 23.5 Å². The van der Waals surface area contributed by atoms with E-state index in [1.54, 1.807) is 30.0 Å². The molecule has 7 nitrogen and oxygen atoms in total. The highest BCUT2D eigenvalue weighted by Crippen LogP contribution is 2.34. The number of nitrogens with one attached hydrogen (secondary N) is 2. The molecule has 0 saturated heterocycles. The summed E-state index contributed by atoms with van der Waals surface area (Å²) in [5, 5.41) is 4.94. The Morgan fingerprint density at radius 1 is 1.11 bits per heavy atom. The molecule has 3 amide bonds. The second kappa shape index (κ2) is 8.57. The van der Waals surface area contributed by atoms with Crippen molar-refractivity contribution in [3.05, 3.63) is 48.0 Å². The number of anilines is 1. The highest BCUT2D eigenvalue weighted by molar-refractivity contribution is 8.38. The van der Waals surface area contributed by atoms with Crippen LogP contribution in [0.15, 0.2) is 47.5 Å². The summed E-state index contributed by atoms with van der Waals surface area (Å²) < 4.78 is 11.7. The number of benzene rings is 2. The molecule has 28 heavy (non-hydrogen) atoms. The maximum absolute atomic E-state index is 12.1. The molecule has 0 spiro atoms. The summed E-state index contributed by atoms with van der Waals surface area (Å²) >= 11 is 2.91. The van der Waals surface area contributed by atoms with Gasteiger partial charge in [0.25, 0.3) is 0 Å². The lowest BCUT2D eigenvalue weighted by Crippen LogP contribution is -2.35. The summed E-state index contributed by atoms with van der Waals surface area (Å²) in [6, 6.07) is 12.4. The van der Waals surface area contributed by atoms with Crippen molar-refractivity contribution in [2.75, 3.05) is 24.3 Å². The van der Waals surface area contributed by atoms with Crippen molar-refractivity contribution >= 4 is 51.2 Å². The Balaban J connectivity index is 1.27. The van der Waals surface area contributed by atoms with Crippen molar-refractivity contribution in [2.24, 2.45) is 4.99 Å². The molecule has 0 unspecified atom stereocenters. The van der Waals surface area contributed by atoms with Crippen molar-refractivity contribution in [1.29, 1.82) is 0 Å². The van der Waals surface area contributed by atoms with E-state index in [0.717, 1.165) is 15.8 Å². The van der Waals surface area contributed by atoms with Crippen molar-refractivity contribution in [1.82, 2.24) is 5.32 Å². The van der Waals surface area contributed by atoms with E-state index in [1.165, 1.54) is 17.3 Å². The molecule has 4 rings (SSSR count). The third-order valence-corrected chi connectivity index (χ3v) is 6.18. The summed E-state index contributed by atoms with van der Waals surface area (Å²) in [5.41, 5.74) is 2.63. The molecule has 0 bridgehead atoms. The number of carbonyl (C=O) groups excluding carboxylic acids is 2. The van der Waals surface area contributed by atoms with Crippen molar-refractivity contribution < 1.29 is 19.1 Å². The molecular weight excluding hydrogens is 398 g/mol. The molecule has 0 fully saturated rings. The van der Waals surface area contributed by atoms with Crippen LogP contribution in [-0.4, -0.2) is 35.3 Å². The van der Waals surface area contributed by atoms with Gasteiger partial charge in [-0.25, -0.2) is 9.79 Å².